The molecule has 2 aromatic rings. The van der Waals surface area contributed by atoms with Gasteiger partial charge in [-0.2, -0.15) is 0 Å². The van der Waals surface area contributed by atoms with Gasteiger partial charge in [0, 0.05) is 10.8 Å². The Bertz CT molecular complexity index is 1920. The maximum atomic E-state index is 11.6. The van der Waals surface area contributed by atoms with Crippen molar-refractivity contribution in [2.24, 2.45) is 10.8 Å². The molecule has 7 aliphatic heterocycles. The van der Waals surface area contributed by atoms with E-state index in [4.69, 9.17) is 56.8 Å². The molecule has 0 aliphatic carbocycles. The molecule has 5 fully saturated rings. The molecule has 0 spiro atoms. The molecular formula is C40H52O22. The summed E-state index contributed by atoms with van der Waals surface area (Å²) < 4.78 is 71.1. The zero-order valence-corrected chi connectivity index (χ0v) is 33.5. The topological polar surface area (TPSA) is 313 Å². The van der Waals surface area contributed by atoms with Gasteiger partial charge in [0.15, 0.2) is 41.7 Å². The predicted octanol–water partition coefficient (Wildman–Crippen LogP) is -3.17. The molecule has 7 aliphatic rings. The third-order valence-corrected chi connectivity index (χ3v) is 13.3. The summed E-state index contributed by atoms with van der Waals surface area (Å²) in [6.45, 7) is 2.55. The van der Waals surface area contributed by atoms with Gasteiger partial charge in [-0.15, -0.1) is 0 Å². The van der Waals surface area contributed by atoms with E-state index in [0.717, 1.165) is 5.56 Å². The zero-order chi connectivity index (χ0) is 43.8. The molecule has 22 heteroatoms. The van der Waals surface area contributed by atoms with Crippen molar-refractivity contribution < 1.29 is 108 Å². The first-order valence-electron chi connectivity index (χ1n) is 20.3. The molecular weight excluding hydrogens is 832 g/mol. The lowest BCUT2D eigenvalue weighted by atomic mass is 9.62. The van der Waals surface area contributed by atoms with E-state index in [1.54, 1.807) is 12.1 Å². The second-order valence-corrected chi connectivity index (χ2v) is 17.1. The van der Waals surface area contributed by atoms with Crippen LogP contribution in [-0.4, -0.2) is 190 Å². The molecule has 10 N–H and O–H groups in total. The molecule has 5 saturated heterocycles. The van der Waals surface area contributed by atoms with Crippen LogP contribution in [0.25, 0.3) is 0 Å². The fourth-order valence-corrected chi connectivity index (χ4v) is 9.34. The first-order valence-corrected chi connectivity index (χ1v) is 20.3. The van der Waals surface area contributed by atoms with Gasteiger partial charge in [0.2, 0.25) is 25.6 Å². The third kappa shape index (κ3) is 7.27. The van der Waals surface area contributed by atoms with Crippen molar-refractivity contribution >= 4 is 0 Å². The van der Waals surface area contributed by atoms with Crippen LogP contribution in [0.1, 0.15) is 37.2 Å². The summed E-state index contributed by atoms with van der Waals surface area (Å²) in [7, 11) is 0. The highest BCUT2D eigenvalue weighted by Crippen LogP contribution is 2.67. The summed E-state index contributed by atoms with van der Waals surface area (Å²) in [5.74, 6) is 1.67. The third-order valence-electron chi connectivity index (χ3n) is 13.3. The van der Waals surface area contributed by atoms with Crippen LogP contribution in [0.15, 0.2) is 30.3 Å². The van der Waals surface area contributed by atoms with Crippen molar-refractivity contribution in [2.45, 2.75) is 118 Å². The highest BCUT2D eigenvalue weighted by Gasteiger charge is 2.65. The SMILES string of the molecule is CC12COC(c3cc4c(c(OC5OC(COC6OC(CO)C(O)C(O)C6O)C(O)C(O)C5OC5OC(CO)C(O)C(O)C5O)c3)OCO4)C1(C)COC2c1ccc2c(c1)OCO2. The highest BCUT2D eigenvalue weighted by molar-refractivity contribution is 5.56. The average Bonchev–Trinajstić information content (AvgIpc) is 4.05. The van der Waals surface area contributed by atoms with Gasteiger partial charge >= 0.3 is 0 Å². The summed E-state index contributed by atoms with van der Waals surface area (Å²) >= 11 is 0. The smallest absolute Gasteiger partial charge is 0.231 e. The number of hydrogen-bond donors (Lipinski definition) is 10. The molecule has 22 nitrogen and oxygen atoms in total. The number of rotatable bonds is 11. The van der Waals surface area contributed by atoms with Crippen LogP contribution in [-0.2, 0) is 33.2 Å². The highest BCUT2D eigenvalue weighted by atomic mass is 16.8. The second-order valence-electron chi connectivity index (χ2n) is 17.1. The van der Waals surface area contributed by atoms with Crippen molar-refractivity contribution in [3.05, 3.63) is 41.5 Å². The Balaban J connectivity index is 1.01. The van der Waals surface area contributed by atoms with Crippen molar-refractivity contribution in [1.82, 2.24) is 0 Å². The fraction of sp³-hybridized carbons (Fsp3) is 0.700. The van der Waals surface area contributed by atoms with Crippen molar-refractivity contribution in [2.75, 3.05) is 46.6 Å². The van der Waals surface area contributed by atoms with Crippen LogP contribution >= 0.6 is 0 Å². The number of aliphatic hydroxyl groups is 10. The second kappa shape index (κ2) is 17.0. The number of fused-ring (bicyclic) bond motifs is 3. The lowest BCUT2D eigenvalue weighted by Gasteiger charge is -2.46. The molecule has 0 aromatic heterocycles. The number of ether oxygens (including phenoxy) is 12. The van der Waals surface area contributed by atoms with E-state index < -0.39 is 129 Å². The largest absolute Gasteiger partial charge is 0.458 e. The first-order chi connectivity index (χ1) is 29.7. The zero-order valence-electron chi connectivity index (χ0n) is 33.5. The van der Waals surface area contributed by atoms with E-state index in [9.17, 15) is 51.1 Å². The molecule has 344 valence electrons. The van der Waals surface area contributed by atoms with Crippen LogP contribution < -0.4 is 23.7 Å². The van der Waals surface area contributed by atoms with E-state index in [1.165, 1.54) is 0 Å². The van der Waals surface area contributed by atoms with Gasteiger partial charge in [0.05, 0.1) is 45.2 Å². The van der Waals surface area contributed by atoms with Crippen molar-refractivity contribution in [1.29, 1.82) is 0 Å². The Morgan fingerprint density at radius 3 is 1.79 bits per heavy atom. The number of hydrogen-bond acceptors (Lipinski definition) is 22. The molecule has 2 aromatic carbocycles. The summed E-state index contributed by atoms with van der Waals surface area (Å²) in [6.07, 6.45) is -26.6. The molecule has 0 amide bonds. The minimum atomic E-state index is -1.93. The van der Waals surface area contributed by atoms with Gasteiger partial charge in [-0.3, -0.25) is 0 Å². The molecule has 62 heavy (non-hydrogen) atoms. The van der Waals surface area contributed by atoms with Crippen LogP contribution in [0.2, 0.25) is 0 Å². The Morgan fingerprint density at radius 2 is 1.11 bits per heavy atom. The first kappa shape index (κ1) is 44.0. The lowest BCUT2D eigenvalue weighted by molar-refractivity contribution is -0.363. The Morgan fingerprint density at radius 1 is 0.565 bits per heavy atom. The minimum Gasteiger partial charge on any atom is -0.458 e. The monoisotopic (exact) mass is 884 g/mol. The molecule has 0 saturated carbocycles. The standard InChI is InChI=1S/C40H52O22/c1-39-11-53-35(40(39,2)12-52-34(39)15-3-4-17-18(5-15)55-13-54-17)16-6-19-32(57-14-56-19)20(7-16)58-38-33(62-37-31(50)28(47)25(44)22(9-42)60-37)29(48)26(45)23(61-38)10-51-36-30(49)27(46)24(43)21(8-41)59-36/h3-7,21-31,33-38,41-50H,8-14H2,1-2H3. The van der Waals surface area contributed by atoms with Gasteiger partial charge in [-0.05, 0) is 35.4 Å². The van der Waals surface area contributed by atoms with E-state index in [2.05, 4.69) is 13.8 Å². The molecule has 7 heterocycles. The maximum absolute atomic E-state index is 11.6. The summed E-state index contributed by atoms with van der Waals surface area (Å²) in [5.41, 5.74) is 0.317. The van der Waals surface area contributed by atoms with Crippen LogP contribution in [0.4, 0.5) is 0 Å². The van der Waals surface area contributed by atoms with E-state index in [-0.39, 0.29) is 36.9 Å². The van der Waals surface area contributed by atoms with Gasteiger partial charge in [-0.25, -0.2) is 0 Å². The Kier molecular flexibility index (Phi) is 12.0. The van der Waals surface area contributed by atoms with Gasteiger partial charge < -0.3 is 108 Å². The molecule has 19 unspecified atom stereocenters. The average molecular weight is 885 g/mol. The van der Waals surface area contributed by atoms with Crippen LogP contribution in [0.3, 0.4) is 0 Å². The summed E-state index contributed by atoms with van der Waals surface area (Å²) in [4.78, 5) is 0. The Labute approximate surface area is 353 Å². The number of aliphatic hydroxyl groups excluding tert-OH is 10. The summed E-state index contributed by atoms with van der Waals surface area (Å²) in [6, 6.07) is 9.08. The number of benzene rings is 2. The van der Waals surface area contributed by atoms with Crippen molar-refractivity contribution in [3.63, 3.8) is 0 Å². The Hall–Kier alpha value is -3.24. The molecule has 0 radical (unpaired) electrons. The fourth-order valence-electron chi connectivity index (χ4n) is 9.34. The van der Waals surface area contributed by atoms with Gasteiger partial charge in [-0.1, -0.05) is 19.9 Å². The molecule has 0 bridgehead atoms. The maximum Gasteiger partial charge on any atom is 0.231 e. The molecule has 9 rings (SSSR count). The van der Waals surface area contributed by atoms with Crippen LogP contribution in [0, 0.1) is 10.8 Å². The van der Waals surface area contributed by atoms with E-state index in [1.807, 2.05) is 18.2 Å². The minimum absolute atomic E-state index is 0.00614. The quantitative estimate of drug-likeness (QED) is 0.106. The van der Waals surface area contributed by atoms with Gasteiger partial charge in [0.25, 0.3) is 0 Å². The summed E-state index contributed by atoms with van der Waals surface area (Å²) in [5, 5.41) is 105. The van der Waals surface area contributed by atoms with E-state index >= 15 is 0 Å². The molecule has 19 atom stereocenters. The lowest BCUT2D eigenvalue weighted by Crippen LogP contribution is -2.65. The van der Waals surface area contributed by atoms with Gasteiger partial charge in [0.1, 0.15) is 67.1 Å². The van der Waals surface area contributed by atoms with Crippen molar-refractivity contribution in [3.8, 4) is 28.7 Å². The van der Waals surface area contributed by atoms with Crippen LogP contribution in [0.5, 0.6) is 28.7 Å². The normalized spacial score (nSPS) is 44.7. The predicted molar refractivity (Wildman–Crippen MR) is 198 cm³/mol. The van der Waals surface area contributed by atoms with E-state index in [0.29, 0.717) is 30.3 Å².